The van der Waals surface area contributed by atoms with Crippen LogP contribution in [-0.2, 0) is 11.3 Å². The Morgan fingerprint density at radius 1 is 1.41 bits per heavy atom. The summed E-state index contributed by atoms with van der Waals surface area (Å²) in [6.45, 7) is 0.445. The Morgan fingerprint density at radius 2 is 2.12 bits per heavy atom. The lowest BCUT2D eigenvalue weighted by Crippen LogP contribution is -2.25. The standard InChI is InChI=1S/C12H12F2N2O/c1-16(8-10(17)4-5-15)7-9-2-3-11(13)12(14)6-9/h2-3,6H,4,7-8H2,1H3. The van der Waals surface area contributed by atoms with E-state index in [2.05, 4.69) is 0 Å². The van der Waals surface area contributed by atoms with Crippen LogP contribution in [0.25, 0.3) is 0 Å². The highest BCUT2D eigenvalue weighted by Crippen LogP contribution is 2.10. The largest absolute Gasteiger partial charge is 0.297 e. The van der Waals surface area contributed by atoms with Gasteiger partial charge in [-0.3, -0.25) is 9.69 Å². The zero-order valence-corrected chi connectivity index (χ0v) is 9.41. The molecule has 0 aliphatic carbocycles. The molecule has 0 amide bonds. The number of hydrogen-bond acceptors (Lipinski definition) is 3. The topological polar surface area (TPSA) is 44.1 Å². The molecule has 0 unspecified atom stereocenters. The molecule has 0 spiro atoms. The van der Waals surface area contributed by atoms with E-state index in [0.717, 1.165) is 12.1 Å². The molecule has 0 fully saturated rings. The predicted molar refractivity (Wildman–Crippen MR) is 57.9 cm³/mol. The Bertz CT molecular complexity index is 454. The molecule has 17 heavy (non-hydrogen) atoms. The average molecular weight is 238 g/mol. The SMILES string of the molecule is CN(CC(=O)CC#N)Cc1ccc(F)c(F)c1. The van der Waals surface area contributed by atoms with Gasteiger partial charge in [0.15, 0.2) is 17.4 Å². The Morgan fingerprint density at radius 3 is 2.71 bits per heavy atom. The number of nitrogens with zero attached hydrogens (tertiary/aromatic N) is 2. The summed E-state index contributed by atoms with van der Waals surface area (Å²) in [5, 5.41) is 8.33. The maximum Gasteiger partial charge on any atom is 0.160 e. The van der Waals surface area contributed by atoms with E-state index in [1.807, 2.05) is 0 Å². The van der Waals surface area contributed by atoms with Gasteiger partial charge in [-0.25, -0.2) is 8.78 Å². The number of hydrogen-bond donors (Lipinski definition) is 0. The highest BCUT2D eigenvalue weighted by molar-refractivity contribution is 5.82. The molecule has 0 aliphatic heterocycles. The highest BCUT2D eigenvalue weighted by atomic mass is 19.2. The summed E-state index contributed by atoms with van der Waals surface area (Å²) in [5.41, 5.74) is 0.580. The fraction of sp³-hybridized carbons (Fsp3) is 0.333. The maximum absolute atomic E-state index is 12.9. The Kier molecular flexibility index (Phi) is 4.73. The van der Waals surface area contributed by atoms with E-state index in [0.29, 0.717) is 12.1 Å². The van der Waals surface area contributed by atoms with Gasteiger partial charge in [0, 0.05) is 6.54 Å². The summed E-state index contributed by atoms with van der Waals surface area (Å²) in [6.07, 6.45) is -0.137. The zero-order chi connectivity index (χ0) is 12.8. The summed E-state index contributed by atoms with van der Waals surface area (Å²) in [5.74, 6) is -1.99. The number of nitriles is 1. The molecule has 5 heteroatoms. The van der Waals surface area contributed by atoms with Gasteiger partial charge in [0.05, 0.1) is 19.0 Å². The van der Waals surface area contributed by atoms with Crippen LogP contribution in [0.15, 0.2) is 18.2 Å². The third kappa shape index (κ3) is 4.29. The van der Waals surface area contributed by atoms with Crippen LogP contribution in [0, 0.1) is 23.0 Å². The Balaban J connectivity index is 2.56. The number of likely N-dealkylation sites (N-methyl/N-ethyl adjacent to an activating group) is 1. The molecular formula is C12H12F2N2O. The molecule has 0 heterocycles. The van der Waals surface area contributed by atoms with Crippen molar-refractivity contribution >= 4 is 5.78 Å². The third-order valence-corrected chi connectivity index (χ3v) is 2.16. The first kappa shape index (κ1) is 13.3. The van der Waals surface area contributed by atoms with E-state index < -0.39 is 11.6 Å². The zero-order valence-electron chi connectivity index (χ0n) is 9.41. The molecule has 0 aliphatic rings. The first-order chi connectivity index (χ1) is 8.02. The van der Waals surface area contributed by atoms with Crippen molar-refractivity contribution in [2.45, 2.75) is 13.0 Å². The lowest BCUT2D eigenvalue weighted by atomic mass is 10.2. The van der Waals surface area contributed by atoms with Gasteiger partial charge >= 0.3 is 0 Å². The normalized spacial score (nSPS) is 10.3. The van der Waals surface area contributed by atoms with Crippen LogP contribution in [0.2, 0.25) is 0 Å². The monoisotopic (exact) mass is 238 g/mol. The number of carbonyl (C=O) groups excluding carboxylic acids is 1. The predicted octanol–water partition coefficient (Wildman–Crippen LogP) is 1.88. The molecule has 0 saturated heterocycles. The van der Waals surface area contributed by atoms with Gasteiger partial charge in [-0.05, 0) is 24.7 Å². The van der Waals surface area contributed by atoms with Gasteiger partial charge in [-0.1, -0.05) is 6.07 Å². The number of rotatable bonds is 5. The van der Waals surface area contributed by atoms with E-state index >= 15 is 0 Å². The summed E-state index contributed by atoms with van der Waals surface area (Å²) in [6, 6.07) is 5.38. The van der Waals surface area contributed by atoms with Crippen molar-refractivity contribution in [1.29, 1.82) is 5.26 Å². The lowest BCUT2D eigenvalue weighted by Gasteiger charge is -2.15. The second kappa shape index (κ2) is 6.06. The van der Waals surface area contributed by atoms with E-state index in [1.54, 1.807) is 18.0 Å². The number of carbonyl (C=O) groups is 1. The molecule has 1 rings (SSSR count). The van der Waals surface area contributed by atoms with Gasteiger partial charge in [-0.15, -0.1) is 0 Å². The second-order valence-corrected chi connectivity index (χ2v) is 3.79. The van der Waals surface area contributed by atoms with Crippen molar-refractivity contribution in [2.24, 2.45) is 0 Å². The average Bonchev–Trinajstić information content (AvgIpc) is 2.23. The summed E-state index contributed by atoms with van der Waals surface area (Å²) in [7, 11) is 1.68. The van der Waals surface area contributed by atoms with Crippen molar-refractivity contribution in [3.8, 4) is 6.07 Å². The van der Waals surface area contributed by atoms with Crippen LogP contribution >= 0.6 is 0 Å². The van der Waals surface area contributed by atoms with Crippen molar-refractivity contribution in [2.75, 3.05) is 13.6 Å². The Hall–Kier alpha value is -1.80. The summed E-state index contributed by atoms with van der Waals surface area (Å²) >= 11 is 0. The van der Waals surface area contributed by atoms with E-state index in [9.17, 15) is 13.6 Å². The number of Topliss-reactive ketones (excluding diaryl/α,β-unsaturated/α-hetero) is 1. The fourth-order valence-corrected chi connectivity index (χ4v) is 1.45. The van der Waals surface area contributed by atoms with Gasteiger partial charge in [0.2, 0.25) is 0 Å². The quantitative estimate of drug-likeness (QED) is 0.786. The second-order valence-electron chi connectivity index (χ2n) is 3.79. The Labute approximate surface area is 98.3 Å². The first-order valence-corrected chi connectivity index (χ1v) is 5.04. The van der Waals surface area contributed by atoms with E-state index in [4.69, 9.17) is 5.26 Å². The van der Waals surface area contributed by atoms with Crippen molar-refractivity contribution in [3.63, 3.8) is 0 Å². The highest BCUT2D eigenvalue weighted by Gasteiger charge is 2.08. The van der Waals surface area contributed by atoms with Gasteiger partial charge in [0.1, 0.15) is 0 Å². The molecule has 0 bridgehead atoms. The van der Waals surface area contributed by atoms with Gasteiger partial charge < -0.3 is 0 Å². The molecule has 0 saturated carbocycles. The number of halogens is 2. The third-order valence-electron chi connectivity index (χ3n) is 2.16. The van der Waals surface area contributed by atoms with Crippen molar-refractivity contribution in [3.05, 3.63) is 35.4 Å². The van der Waals surface area contributed by atoms with Gasteiger partial charge in [-0.2, -0.15) is 5.26 Å². The van der Waals surface area contributed by atoms with Crippen molar-refractivity contribution in [1.82, 2.24) is 4.90 Å². The van der Waals surface area contributed by atoms with E-state index in [-0.39, 0.29) is 18.7 Å². The first-order valence-electron chi connectivity index (χ1n) is 5.04. The molecule has 0 N–H and O–H groups in total. The number of ketones is 1. The molecular weight excluding hydrogens is 226 g/mol. The molecule has 0 aromatic heterocycles. The summed E-state index contributed by atoms with van der Waals surface area (Å²) in [4.78, 5) is 12.8. The van der Waals surface area contributed by atoms with Crippen LogP contribution in [0.4, 0.5) is 8.78 Å². The van der Waals surface area contributed by atoms with Crippen molar-refractivity contribution < 1.29 is 13.6 Å². The minimum atomic E-state index is -0.903. The molecule has 3 nitrogen and oxygen atoms in total. The van der Waals surface area contributed by atoms with E-state index in [1.165, 1.54) is 6.07 Å². The minimum absolute atomic E-state index is 0.118. The van der Waals surface area contributed by atoms with Crippen LogP contribution < -0.4 is 0 Å². The maximum atomic E-state index is 12.9. The molecule has 90 valence electrons. The van der Waals surface area contributed by atoms with Crippen LogP contribution in [0.3, 0.4) is 0 Å². The molecule has 1 aromatic rings. The summed E-state index contributed by atoms with van der Waals surface area (Å²) < 4.78 is 25.6. The van der Waals surface area contributed by atoms with Crippen LogP contribution in [-0.4, -0.2) is 24.3 Å². The molecule has 0 atom stereocenters. The number of benzene rings is 1. The minimum Gasteiger partial charge on any atom is -0.297 e. The lowest BCUT2D eigenvalue weighted by molar-refractivity contribution is -0.119. The smallest absolute Gasteiger partial charge is 0.160 e. The fourth-order valence-electron chi connectivity index (χ4n) is 1.45. The molecule has 1 aromatic carbocycles. The molecule has 0 radical (unpaired) electrons. The van der Waals surface area contributed by atoms with Gasteiger partial charge in [0.25, 0.3) is 0 Å². The van der Waals surface area contributed by atoms with Crippen LogP contribution in [0.5, 0.6) is 0 Å². The van der Waals surface area contributed by atoms with Crippen LogP contribution in [0.1, 0.15) is 12.0 Å².